The van der Waals surface area contributed by atoms with E-state index in [1.807, 2.05) is 12.3 Å². The zero-order valence-corrected chi connectivity index (χ0v) is 12.9. The van der Waals surface area contributed by atoms with Gasteiger partial charge >= 0.3 is 0 Å². The number of thiazole rings is 1. The molecule has 1 aromatic carbocycles. The van der Waals surface area contributed by atoms with Crippen molar-refractivity contribution >= 4 is 22.9 Å². The molecule has 108 valence electrons. The molecule has 1 unspecified atom stereocenters. The number of benzene rings is 1. The number of nitrogens with one attached hydrogen (secondary N) is 1. The van der Waals surface area contributed by atoms with Crippen LogP contribution in [0.2, 0.25) is 5.02 Å². The SMILES string of the molecule is COCCNC(c1nc(C)cs1)c1cc(Cl)ccc1F. The number of methoxy groups -OCH3 is 1. The molecule has 0 amide bonds. The molecule has 0 saturated carbocycles. The van der Waals surface area contributed by atoms with E-state index in [0.717, 1.165) is 10.7 Å². The van der Waals surface area contributed by atoms with Gasteiger partial charge in [-0.25, -0.2) is 9.37 Å². The Bertz CT molecular complexity index is 576. The Labute approximate surface area is 126 Å². The lowest BCUT2D eigenvalue weighted by atomic mass is 10.1. The smallest absolute Gasteiger partial charge is 0.128 e. The van der Waals surface area contributed by atoms with Crippen LogP contribution in [0, 0.1) is 12.7 Å². The van der Waals surface area contributed by atoms with Gasteiger partial charge in [-0.15, -0.1) is 11.3 Å². The van der Waals surface area contributed by atoms with Gasteiger partial charge < -0.3 is 10.1 Å². The molecule has 1 heterocycles. The maximum Gasteiger partial charge on any atom is 0.128 e. The number of aromatic nitrogens is 1. The predicted octanol–water partition coefficient (Wildman–Crippen LogP) is 3.57. The average Bonchev–Trinajstić information content (AvgIpc) is 2.84. The van der Waals surface area contributed by atoms with E-state index in [0.29, 0.717) is 23.7 Å². The lowest BCUT2D eigenvalue weighted by Crippen LogP contribution is -2.26. The standard InChI is InChI=1S/C14H16ClFN2OS/c1-9-8-20-14(18-9)13(17-5-6-19-2)11-7-10(15)3-4-12(11)16/h3-4,7-8,13,17H,5-6H2,1-2H3. The van der Waals surface area contributed by atoms with Crippen LogP contribution in [-0.2, 0) is 4.74 Å². The maximum atomic E-state index is 14.1. The molecule has 2 rings (SSSR count). The first kappa shape index (κ1) is 15.4. The van der Waals surface area contributed by atoms with Crippen molar-refractivity contribution in [1.82, 2.24) is 10.3 Å². The van der Waals surface area contributed by atoms with Gasteiger partial charge in [-0.3, -0.25) is 0 Å². The van der Waals surface area contributed by atoms with Crippen molar-refractivity contribution < 1.29 is 9.13 Å². The van der Waals surface area contributed by atoms with Gasteiger partial charge in [0.15, 0.2) is 0 Å². The van der Waals surface area contributed by atoms with Crippen LogP contribution in [0.3, 0.4) is 0 Å². The summed E-state index contributed by atoms with van der Waals surface area (Å²) in [6.07, 6.45) is 0. The average molecular weight is 315 g/mol. The van der Waals surface area contributed by atoms with Gasteiger partial charge in [0.25, 0.3) is 0 Å². The van der Waals surface area contributed by atoms with Crippen LogP contribution in [-0.4, -0.2) is 25.2 Å². The molecule has 0 spiro atoms. The monoisotopic (exact) mass is 314 g/mol. The fraction of sp³-hybridized carbons (Fsp3) is 0.357. The van der Waals surface area contributed by atoms with E-state index in [1.54, 1.807) is 19.2 Å². The van der Waals surface area contributed by atoms with Gasteiger partial charge in [-0.05, 0) is 25.1 Å². The van der Waals surface area contributed by atoms with Crippen LogP contribution < -0.4 is 5.32 Å². The fourth-order valence-corrected chi connectivity index (χ4v) is 2.94. The number of halogens is 2. The second kappa shape index (κ2) is 7.13. The molecule has 0 aliphatic heterocycles. The lowest BCUT2D eigenvalue weighted by Gasteiger charge is -2.18. The normalized spacial score (nSPS) is 12.6. The van der Waals surface area contributed by atoms with E-state index >= 15 is 0 Å². The van der Waals surface area contributed by atoms with E-state index in [9.17, 15) is 4.39 Å². The summed E-state index contributed by atoms with van der Waals surface area (Å²) in [6.45, 7) is 3.06. The molecule has 0 aliphatic rings. The molecule has 6 heteroatoms. The molecule has 2 aromatic rings. The number of hydrogen-bond acceptors (Lipinski definition) is 4. The van der Waals surface area contributed by atoms with E-state index in [1.165, 1.54) is 17.4 Å². The third kappa shape index (κ3) is 3.76. The number of ether oxygens (including phenoxy) is 1. The third-order valence-corrected chi connectivity index (χ3v) is 4.07. The van der Waals surface area contributed by atoms with Gasteiger partial charge in [0.05, 0.1) is 12.6 Å². The Morgan fingerprint density at radius 2 is 2.30 bits per heavy atom. The Morgan fingerprint density at radius 3 is 2.95 bits per heavy atom. The van der Waals surface area contributed by atoms with Crippen molar-refractivity contribution in [2.45, 2.75) is 13.0 Å². The molecule has 0 aliphatic carbocycles. The molecule has 1 atom stereocenters. The summed E-state index contributed by atoms with van der Waals surface area (Å²) in [5, 5.41) is 6.53. The van der Waals surface area contributed by atoms with Crippen LogP contribution in [0.15, 0.2) is 23.6 Å². The van der Waals surface area contributed by atoms with Gasteiger partial charge in [-0.1, -0.05) is 11.6 Å². The van der Waals surface area contributed by atoms with Crippen molar-refractivity contribution in [2.75, 3.05) is 20.3 Å². The second-order valence-electron chi connectivity index (χ2n) is 4.37. The van der Waals surface area contributed by atoms with Gasteiger partial charge in [0.2, 0.25) is 0 Å². The highest BCUT2D eigenvalue weighted by Gasteiger charge is 2.20. The van der Waals surface area contributed by atoms with Crippen molar-refractivity contribution in [3.05, 3.63) is 50.7 Å². The van der Waals surface area contributed by atoms with Gasteiger partial charge in [-0.2, -0.15) is 0 Å². The van der Waals surface area contributed by atoms with Gasteiger partial charge in [0, 0.05) is 35.3 Å². The Balaban J connectivity index is 2.32. The molecule has 3 nitrogen and oxygen atoms in total. The Hall–Kier alpha value is -1.01. The molecule has 1 N–H and O–H groups in total. The summed E-state index contributed by atoms with van der Waals surface area (Å²) in [5.74, 6) is -0.294. The molecule has 20 heavy (non-hydrogen) atoms. The maximum absolute atomic E-state index is 14.1. The summed E-state index contributed by atoms with van der Waals surface area (Å²) in [5.41, 5.74) is 1.42. The van der Waals surface area contributed by atoms with E-state index < -0.39 is 0 Å². The second-order valence-corrected chi connectivity index (χ2v) is 5.70. The summed E-state index contributed by atoms with van der Waals surface area (Å²) in [6, 6.07) is 4.24. The summed E-state index contributed by atoms with van der Waals surface area (Å²) in [4.78, 5) is 4.44. The number of aryl methyl sites for hydroxylation is 1. The minimum absolute atomic E-state index is 0.294. The summed E-state index contributed by atoms with van der Waals surface area (Å²) >= 11 is 7.48. The van der Waals surface area contributed by atoms with Gasteiger partial charge in [0.1, 0.15) is 10.8 Å². The number of rotatable bonds is 6. The number of nitrogens with zero attached hydrogens (tertiary/aromatic N) is 1. The third-order valence-electron chi connectivity index (χ3n) is 2.81. The van der Waals surface area contributed by atoms with Crippen LogP contribution in [0.5, 0.6) is 0 Å². The molecule has 1 aromatic heterocycles. The van der Waals surface area contributed by atoms with Crippen molar-refractivity contribution in [2.24, 2.45) is 0 Å². The summed E-state index contributed by atoms with van der Waals surface area (Å²) in [7, 11) is 1.63. The fourth-order valence-electron chi connectivity index (χ4n) is 1.88. The minimum atomic E-state index is -0.317. The quantitative estimate of drug-likeness (QED) is 0.828. The van der Waals surface area contributed by atoms with E-state index in [-0.39, 0.29) is 11.9 Å². The first-order valence-corrected chi connectivity index (χ1v) is 7.47. The molecule has 0 radical (unpaired) electrons. The zero-order chi connectivity index (χ0) is 14.5. The summed E-state index contributed by atoms with van der Waals surface area (Å²) < 4.78 is 19.1. The van der Waals surface area contributed by atoms with Crippen molar-refractivity contribution in [3.8, 4) is 0 Å². The molecule has 0 saturated heterocycles. The highest BCUT2D eigenvalue weighted by atomic mass is 35.5. The van der Waals surface area contributed by atoms with Crippen LogP contribution >= 0.6 is 22.9 Å². The van der Waals surface area contributed by atoms with Crippen molar-refractivity contribution in [1.29, 1.82) is 0 Å². The molecule has 0 fully saturated rings. The Kier molecular flexibility index (Phi) is 5.48. The van der Waals surface area contributed by atoms with Crippen molar-refractivity contribution in [3.63, 3.8) is 0 Å². The topological polar surface area (TPSA) is 34.1 Å². The molecular formula is C14H16ClFN2OS. The van der Waals surface area contributed by atoms with Crippen LogP contribution in [0.4, 0.5) is 4.39 Å². The zero-order valence-electron chi connectivity index (χ0n) is 11.3. The van der Waals surface area contributed by atoms with Crippen LogP contribution in [0.1, 0.15) is 22.3 Å². The predicted molar refractivity (Wildman–Crippen MR) is 80.0 cm³/mol. The minimum Gasteiger partial charge on any atom is -0.383 e. The first-order chi connectivity index (χ1) is 9.61. The highest BCUT2D eigenvalue weighted by molar-refractivity contribution is 7.09. The highest BCUT2D eigenvalue weighted by Crippen LogP contribution is 2.28. The largest absolute Gasteiger partial charge is 0.383 e. The lowest BCUT2D eigenvalue weighted by molar-refractivity contribution is 0.197. The Morgan fingerprint density at radius 1 is 1.50 bits per heavy atom. The number of hydrogen-bond donors (Lipinski definition) is 1. The van der Waals surface area contributed by atoms with E-state index in [2.05, 4.69) is 10.3 Å². The molecular weight excluding hydrogens is 299 g/mol. The van der Waals surface area contributed by atoms with Crippen LogP contribution in [0.25, 0.3) is 0 Å². The molecule has 0 bridgehead atoms. The van der Waals surface area contributed by atoms with E-state index in [4.69, 9.17) is 16.3 Å². The first-order valence-electron chi connectivity index (χ1n) is 6.21.